The molecule has 1 aliphatic carbocycles. The second-order valence-corrected chi connectivity index (χ2v) is 8.02. The van der Waals surface area contributed by atoms with Crippen molar-refractivity contribution in [3.05, 3.63) is 53.8 Å². The maximum atomic E-state index is 13.0. The molecule has 1 aromatic carbocycles. The summed E-state index contributed by atoms with van der Waals surface area (Å²) >= 11 is 0. The third-order valence-electron chi connectivity index (χ3n) is 5.91. The molecule has 2 aliphatic heterocycles. The largest absolute Gasteiger partial charge is 0.503 e. The first-order valence-electron chi connectivity index (χ1n) is 10.4. The van der Waals surface area contributed by atoms with Gasteiger partial charge in [-0.1, -0.05) is 24.8 Å². The van der Waals surface area contributed by atoms with Crippen LogP contribution in [0.4, 0.5) is 0 Å². The molecule has 29 heavy (non-hydrogen) atoms. The summed E-state index contributed by atoms with van der Waals surface area (Å²) < 4.78 is 5.65. The van der Waals surface area contributed by atoms with Gasteiger partial charge in [0, 0.05) is 19.0 Å². The number of hydrogen-bond donors (Lipinski definition) is 1. The van der Waals surface area contributed by atoms with E-state index in [4.69, 9.17) is 4.74 Å². The maximum absolute atomic E-state index is 13.0. The van der Waals surface area contributed by atoms with Gasteiger partial charge in [0.05, 0.1) is 11.6 Å². The third-order valence-corrected chi connectivity index (χ3v) is 5.91. The van der Waals surface area contributed by atoms with Crippen LogP contribution in [-0.4, -0.2) is 59.4 Å². The van der Waals surface area contributed by atoms with Gasteiger partial charge >= 0.3 is 0 Å². The minimum absolute atomic E-state index is 0.0684. The summed E-state index contributed by atoms with van der Waals surface area (Å²) in [6, 6.07) is 6.87. The van der Waals surface area contributed by atoms with Gasteiger partial charge in [0.15, 0.2) is 11.5 Å². The lowest BCUT2D eigenvalue weighted by Crippen LogP contribution is -2.38. The van der Waals surface area contributed by atoms with Crippen molar-refractivity contribution < 1.29 is 19.4 Å². The van der Waals surface area contributed by atoms with Crippen molar-refractivity contribution in [3.63, 3.8) is 0 Å². The zero-order valence-electron chi connectivity index (χ0n) is 16.7. The Labute approximate surface area is 171 Å². The summed E-state index contributed by atoms with van der Waals surface area (Å²) in [5.41, 5.74) is 1.04. The number of Topliss-reactive ketones (excluding diaryl/α,β-unsaturated/α-hetero) is 1. The molecule has 3 aliphatic rings. The van der Waals surface area contributed by atoms with Crippen molar-refractivity contribution in [2.24, 2.45) is 5.92 Å². The summed E-state index contributed by atoms with van der Waals surface area (Å²) in [4.78, 5) is 29.8. The van der Waals surface area contributed by atoms with Gasteiger partial charge in [-0.3, -0.25) is 9.59 Å². The number of rotatable bonds is 9. The zero-order valence-corrected chi connectivity index (χ0v) is 16.7. The average Bonchev–Trinajstić information content (AvgIpc) is 3.40. The van der Waals surface area contributed by atoms with E-state index in [1.807, 2.05) is 24.3 Å². The van der Waals surface area contributed by atoms with Crippen LogP contribution in [0.3, 0.4) is 0 Å². The van der Waals surface area contributed by atoms with E-state index in [-0.39, 0.29) is 23.0 Å². The van der Waals surface area contributed by atoms with E-state index in [9.17, 15) is 14.7 Å². The van der Waals surface area contributed by atoms with Gasteiger partial charge in [-0.15, -0.1) is 0 Å². The van der Waals surface area contributed by atoms with Crippen molar-refractivity contribution in [2.45, 2.75) is 31.7 Å². The molecule has 154 valence electrons. The lowest BCUT2D eigenvalue weighted by Gasteiger charge is -2.29. The molecule has 0 bridgehead atoms. The SMILES string of the molecule is C=CCOc1cccc(C2C(C(=O)C3CC3)=C(O)C(=O)N2CCN2CCCC2)c1. The lowest BCUT2D eigenvalue weighted by atomic mass is 9.94. The van der Waals surface area contributed by atoms with Gasteiger partial charge in [0.1, 0.15) is 12.4 Å². The Morgan fingerprint density at radius 3 is 2.69 bits per heavy atom. The first-order chi connectivity index (χ1) is 14.1. The van der Waals surface area contributed by atoms with E-state index in [2.05, 4.69) is 11.5 Å². The normalized spacial score (nSPS) is 22.4. The van der Waals surface area contributed by atoms with Crippen molar-refractivity contribution >= 4 is 11.7 Å². The molecular formula is C23H28N2O4. The Balaban J connectivity index is 1.64. The van der Waals surface area contributed by atoms with Gasteiger partial charge in [-0.2, -0.15) is 0 Å². The van der Waals surface area contributed by atoms with Crippen LogP contribution in [-0.2, 0) is 9.59 Å². The highest BCUT2D eigenvalue weighted by molar-refractivity contribution is 6.10. The van der Waals surface area contributed by atoms with E-state index in [0.717, 1.165) is 38.0 Å². The number of carbonyl (C=O) groups excluding carboxylic acids is 2. The Bertz CT molecular complexity index is 837. The van der Waals surface area contributed by atoms with Crippen molar-refractivity contribution in [1.29, 1.82) is 0 Å². The van der Waals surface area contributed by atoms with Crippen LogP contribution in [0.1, 0.15) is 37.3 Å². The van der Waals surface area contributed by atoms with E-state index in [1.165, 1.54) is 12.8 Å². The number of likely N-dealkylation sites (tertiary alicyclic amines) is 1. The first kappa shape index (κ1) is 19.7. The molecule has 2 fully saturated rings. The predicted octanol–water partition coefficient (Wildman–Crippen LogP) is 3.02. The molecule has 0 radical (unpaired) electrons. The Hall–Kier alpha value is -2.60. The van der Waals surface area contributed by atoms with Crippen LogP contribution < -0.4 is 4.74 Å². The molecule has 0 spiro atoms. The van der Waals surface area contributed by atoms with Gasteiger partial charge < -0.3 is 19.6 Å². The van der Waals surface area contributed by atoms with E-state index >= 15 is 0 Å². The van der Waals surface area contributed by atoms with Crippen LogP contribution in [0.25, 0.3) is 0 Å². The van der Waals surface area contributed by atoms with Crippen LogP contribution in [0, 0.1) is 5.92 Å². The highest BCUT2D eigenvalue weighted by atomic mass is 16.5. The lowest BCUT2D eigenvalue weighted by molar-refractivity contribution is -0.129. The monoisotopic (exact) mass is 396 g/mol. The standard InChI is InChI=1S/C23H28N2O4/c1-2-14-29-18-7-5-6-17(15-18)20-19(21(26)16-8-9-16)22(27)23(28)25(20)13-12-24-10-3-4-11-24/h2,5-7,15-16,20,27H,1,3-4,8-14H2. The molecule has 1 saturated carbocycles. The minimum Gasteiger partial charge on any atom is -0.503 e. The smallest absolute Gasteiger partial charge is 0.290 e. The van der Waals surface area contributed by atoms with Crippen LogP contribution in [0.5, 0.6) is 5.75 Å². The summed E-state index contributed by atoms with van der Waals surface area (Å²) in [7, 11) is 0. The van der Waals surface area contributed by atoms with E-state index in [1.54, 1.807) is 11.0 Å². The fourth-order valence-corrected chi connectivity index (χ4v) is 4.23. The number of hydrogen-bond acceptors (Lipinski definition) is 5. The Morgan fingerprint density at radius 2 is 2.00 bits per heavy atom. The third kappa shape index (κ3) is 4.08. The van der Waals surface area contributed by atoms with Gasteiger partial charge in [-0.05, 0) is 56.5 Å². The molecular weight excluding hydrogens is 368 g/mol. The van der Waals surface area contributed by atoms with Crippen LogP contribution in [0.2, 0.25) is 0 Å². The molecule has 1 amide bonds. The second kappa shape index (κ2) is 8.41. The Kier molecular flexibility index (Phi) is 5.72. The van der Waals surface area contributed by atoms with E-state index < -0.39 is 11.9 Å². The number of nitrogens with zero attached hydrogens (tertiary/aromatic N) is 2. The number of carbonyl (C=O) groups is 2. The number of aliphatic hydroxyl groups excluding tert-OH is 1. The maximum Gasteiger partial charge on any atom is 0.290 e. The fourth-order valence-electron chi connectivity index (χ4n) is 4.23. The topological polar surface area (TPSA) is 70.1 Å². The Morgan fingerprint density at radius 1 is 1.24 bits per heavy atom. The molecule has 0 aromatic heterocycles. The van der Waals surface area contributed by atoms with Gasteiger partial charge in [-0.25, -0.2) is 0 Å². The number of amides is 1. The minimum atomic E-state index is -0.564. The molecule has 2 heterocycles. The van der Waals surface area contributed by atoms with Crippen molar-refractivity contribution in [3.8, 4) is 5.75 Å². The number of benzene rings is 1. The summed E-state index contributed by atoms with van der Waals surface area (Å²) in [5.74, 6) is -0.344. The van der Waals surface area contributed by atoms with Gasteiger partial charge in [0.2, 0.25) is 0 Å². The first-order valence-corrected chi connectivity index (χ1v) is 10.4. The summed E-state index contributed by atoms with van der Waals surface area (Å²) in [6.07, 6.45) is 5.67. The van der Waals surface area contributed by atoms with Crippen molar-refractivity contribution in [1.82, 2.24) is 9.80 Å². The highest BCUT2D eigenvalue weighted by Gasteiger charge is 2.47. The van der Waals surface area contributed by atoms with E-state index in [0.29, 0.717) is 18.9 Å². The van der Waals surface area contributed by atoms with Crippen LogP contribution >= 0.6 is 0 Å². The molecule has 1 atom stereocenters. The van der Waals surface area contributed by atoms with Crippen LogP contribution in [0.15, 0.2) is 48.3 Å². The number of ketones is 1. The fraction of sp³-hybridized carbons (Fsp3) is 0.478. The highest BCUT2D eigenvalue weighted by Crippen LogP contribution is 2.43. The molecule has 1 unspecified atom stereocenters. The summed E-state index contributed by atoms with van der Waals surface area (Å²) in [6.45, 7) is 7.33. The molecule has 6 nitrogen and oxygen atoms in total. The van der Waals surface area contributed by atoms with Crippen molar-refractivity contribution in [2.75, 3.05) is 32.8 Å². The molecule has 1 N–H and O–H groups in total. The molecule has 4 rings (SSSR count). The summed E-state index contributed by atoms with van der Waals surface area (Å²) in [5, 5.41) is 10.6. The second-order valence-electron chi connectivity index (χ2n) is 8.02. The zero-order chi connectivity index (χ0) is 20.4. The quantitative estimate of drug-likeness (QED) is 0.650. The number of ether oxygens (including phenoxy) is 1. The molecule has 6 heteroatoms. The number of aliphatic hydroxyl groups is 1. The predicted molar refractivity (Wildman–Crippen MR) is 110 cm³/mol. The van der Waals surface area contributed by atoms with Gasteiger partial charge in [0.25, 0.3) is 5.91 Å². The average molecular weight is 396 g/mol. The molecule has 1 aromatic rings. The molecule has 1 saturated heterocycles.